The molecular formula is C13H22N3O5+. The fourth-order valence-electron chi connectivity index (χ4n) is 1.85. The fraction of sp³-hybridized carbons (Fsp3) is 0.462. The molecule has 0 spiro atoms. The van der Waals surface area contributed by atoms with E-state index in [4.69, 9.17) is 15.6 Å². The first kappa shape index (κ1) is 16.7. The van der Waals surface area contributed by atoms with Crippen molar-refractivity contribution < 1.29 is 30.9 Å². The molecule has 0 unspecified atom stereocenters. The highest BCUT2D eigenvalue weighted by atomic mass is 16.5. The molecule has 1 atom stereocenters. The number of H-pyrrole nitrogens is 1. The first-order valence-electron chi connectivity index (χ1n) is 6.40. The number of hydrogen-bond donors (Lipinski definition) is 4. The van der Waals surface area contributed by atoms with E-state index >= 15 is 0 Å². The number of aromatic hydroxyl groups is 1. The Morgan fingerprint density at radius 1 is 1.67 bits per heavy atom. The number of ether oxygens (including phenoxy) is 1. The number of aromatic amines is 1. The minimum Gasteiger partial charge on any atom is -0.502 e. The number of aryl methyl sites for hydroxylation is 1. The molecule has 1 saturated heterocycles. The lowest BCUT2D eigenvalue weighted by Crippen LogP contribution is -2.32. The zero-order valence-corrected chi connectivity index (χ0v) is 12.0. The van der Waals surface area contributed by atoms with Gasteiger partial charge in [-0.25, -0.2) is 9.78 Å². The largest absolute Gasteiger partial charge is 0.502 e. The number of carboxylic acids is 1. The van der Waals surface area contributed by atoms with Crippen LogP contribution in [0.25, 0.3) is 0 Å². The van der Waals surface area contributed by atoms with Crippen LogP contribution in [0.2, 0.25) is 0 Å². The number of carboxylic acid groups (broad SMARTS) is 1. The first-order chi connectivity index (χ1) is 9.90. The van der Waals surface area contributed by atoms with Crippen LogP contribution >= 0.6 is 0 Å². The van der Waals surface area contributed by atoms with E-state index in [1.165, 1.54) is 7.11 Å². The van der Waals surface area contributed by atoms with Crippen LogP contribution in [0.3, 0.4) is 0 Å². The standard InChI is InChI=1S/C8H12N2O2.C5H7NO3.H2/c1-5-8(11)6(3-9)7(12-2)4-10-5;7-4-2-1-3(6-4)5(8)9;/h4,11H,3,9H2,1-2H3;3H,1-2H2,(H,6,7)(H,8,9);1H/p+1/t;3-;/m.0./s1. The molecule has 8 nitrogen and oxygen atoms in total. The summed E-state index contributed by atoms with van der Waals surface area (Å²) in [5.41, 5.74) is 6.77. The number of hydrogen-bond acceptors (Lipinski definition) is 5. The summed E-state index contributed by atoms with van der Waals surface area (Å²) in [6, 6.07) is -0.641. The number of amides is 1. The molecule has 1 aliphatic heterocycles. The third-order valence-electron chi connectivity index (χ3n) is 3.08. The molecule has 1 aliphatic rings. The molecular weight excluding hydrogens is 278 g/mol. The maximum absolute atomic E-state index is 10.4. The number of rotatable bonds is 3. The molecule has 0 aliphatic carbocycles. The van der Waals surface area contributed by atoms with Gasteiger partial charge in [0.1, 0.15) is 6.04 Å². The van der Waals surface area contributed by atoms with E-state index in [9.17, 15) is 14.7 Å². The Morgan fingerprint density at radius 2 is 2.33 bits per heavy atom. The van der Waals surface area contributed by atoms with Crippen molar-refractivity contribution in [2.24, 2.45) is 5.73 Å². The van der Waals surface area contributed by atoms with Gasteiger partial charge in [0.05, 0.1) is 12.7 Å². The highest BCUT2D eigenvalue weighted by molar-refractivity contribution is 5.87. The highest BCUT2D eigenvalue weighted by Gasteiger charge is 2.26. The number of carbonyl (C=O) groups excluding carboxylic acids is 1. The summed E-state index contributed by atoms with van der Waals surface area (Å²) in [6.45, 7) is 2.04. The smallest absolute Gasteiger partial charge is 0.326 e. The van der Waals surface area contributed by atoms with Crippen LogP contribution in [0.4, 0.5) is 0 Å². The Morgan fingerprint density at radius 3 is 2.71 bits per heavy atom. The van der Waals surface area contributed by atoms with Gasteiger partial charge in [0.2, 0.25) is 17.8 Å². The summed E-state index contributed by atoms with van der Waals surface area (Å²) in [5.74, 6) is -0.347. The van der Waals surface area contributed by atoms with Crippen molar-refractivity contribution in [2.75, 3.05) is 7.11 Å². The molecule has 1 aromatic rings. The van der Waals surface area contributed by atoms with E-state index in [1.807, 2.05) is 0 Å². The second-order valence-corrected chi connectivity index (χ2v) is 4.51. The summed E-state index contributed by atoms with van der Waals surface area (Å²) in [7, 11) is 1.54. The Labute approximate surface area is 123 Å². The average Bonchev–Trinajstić information content (AvgIpc) is 2.89. The van der Waals surface area contributed by atoms with E-state index < -0.39 is 12.0 Å². The van der Waals surface area contributed by atoms with Crippen LogP contribution in [0, 0.1) is 6.92 Å². The van der Waals surface area contributed by atoms with Crippen molar-refractivity contribution in [3.05, 3.63) is 17.5 Å². The number of nitrogens with one attached hydrogen (secondary N) is 2. The summed E-state index contributed by atoms with van der Waals surface area (Å²) >= 11 is 0. The SMILES string of the molecule is COc1c[nH+]c(C)c(O)c1CN.O=C1CC[C@@H](C(=O)O)N1.[HH]. The first-order valence-corrected chi connectivity index (χ1v) is 6.40. The number of aromatic nitrogens is 1. The molecule has 1 aromatic heterocycles. The van der Waals surface area contributed by atoms with E-state index in [0.717, 1.165) is 0 Å². The van der Waals surface area contributed by atoms with E-state index in [-0.39, 0.29) is 19.6 Å². The molecule has 2 heterocycles. The zero-order valence-electron chi connectivity index (χ0n) is 12.0. The third kappa shape index (κ3) is 4.32. The van der Waals surface area contributed by atoms with Gasteiger partial charge in [-0.05, 0) is 6.42 Å². The Bertz CT molecular complexity index is 539. The van der Waals surface area contributed by atoms with Gasteiger partial charge in [-0.3, -0.25) is 4.79 Å². The molecule has 0 aromatic carbocycles. The molecule has 21 heavy (non-hydrogen) atoms. The normalized spacial score (nSPS) is 16.7. The molecule has 1 amide bonds. The number of pyridine rings is 1. The summed E-state index contributed by atoms with van der Waals surface area (Å²) in [4.78, 5) is 23.4. The van der Waals surface area contributed by atoms with Crippen LogP contribution in [0.5, 0.6) is 11.5 Å². The second kappa shape index (κ2) is 7.44. The predicted octanol–water partition coefficient (Wildman–Crippen LogP) is -0.422. The third-order valence-corrected chi connectivity index (χ3v) is 3.08. The van der Waals surface area contributed by atoms with Crippen molar-refractivity contribution in [3.63, 3.8) is 0 Å². The van der Waals surface area contributed by atoms with Gasteiger partial charge < -0.3 is 26.0 Å². The van der Waals surface area contributed by atoms with Crippen molar-refractivity contribution in [1.82, 2.24) is 5.32 Å². The molecule has 0 radical (unpaired) electrons. The number of carbonyl (C=O) groups is 2. The van der Waals surface area contributed by atoms with Gasteiger partial charge in [-0.1, -0.05) is 0 Å². The lowest BCUT2D eigenvalue weighted by Gasteiger charge is -2.05. The van der Waals surface area contributed by atoms with Gasteiger partial charge in [0, 0.05) is 21.3 Å². The molecule has 118 valence electrons. The lowest BCUT2D eigenvalue weighted by atomic mass is 10.2. The van der Waals surface area contributed by atoms with Crippen LogP contribution in [0.1, 0.15) is 25.5 Å². The van der Waals surface area contributed by atoms with Gasteiger partial charge in [0.15, 0.2) is 11.5 Å². The van der Waals surface area contributed by atoms with Crippen LogP contribution in [0.15, 0.2) is 6.20 Å². The van der Waals surface area contributed by atoms with Crippen LogP contribution in [-0.2, 0) is 16.1 Å². The zero-order chi connectivity index (χ0) is 16.0. The summed E-state index contributed by atoms with van der Waals surface area (Å²) < 4.78 is 5.00. The van der Waals surface area contributed by atoms with Crippen molar-refractivity contribution >= 4 is 11.9 Å². The van der Waals surface area contributed by atoms with Gasteiger partial charge >= 0.3 is 5.97 Å². The Balaban J connectivity index is 0.000000397. The maximum Gasteiger partial charge on any atom is 0.326 e. The molecule has 0 bridgehead atoms. The fourth-order valence-corrected chi connectivity index (χ4v) is 1.85. The number of aliphatic carboxylic acids is 1. The van der Waals surface area contributed by atoms with Crippen molar-refractivity contribution in [1.29, 1.82) is 0 Å². The van der Waals surface area contributed by atoms with Crippen molar-refractivity contribution in [3.8, 4) is 11.5 Å². The topological polar surface area (TPSA) is 136 Å². The monoisotopic (exact) mass is 300 g/mol. The molecule has 2 rings (SSSR count). The lowest BCUT2D eigenvalue weighted by molar-refractivity contribution is -0.389. The van der Waals surface area contributed by atoms with Crippen LogP contribution in [-0.4, -0.2) is 35.2 Å². The molecule has 8 heteroatoms. The number of methoxy groups -OCH3 is 1. The summed E-state index contributed by atoms with van der Waals surface area (Å²) in [5, 5.41) is 20.1. The summed E-state index contributed by atoms with van der Waals surface area (Å²) in [6.07, 6.45) is 2.45. The number of nitrogens with two attached hydrogens (primary N) is 1. The van der Waals surface area contributed by atoms with E-state index in [2.05, 4.69) is 10.3 Å². The van der Waals surface area contributed by atoms with E-state index in [0.29, 0.717) is 29.8 Å². The van der Waals surface area contributed by atoms with Gasteiger partial charge in [-0.2, -0.15) is 0 Å². The predicted molar refractivity (Wildman–Crippen MR) is 74.8 cm³/mol. The average molecular weight is 300 g/mol. The molecule has 1 fully saturated rings. The minimum absolute atomic E-state index is 0. The minimum atomic E-state index is -0.944. The maximum atomic E-state index is 10.4. The Hall–Kier alpha value is -2.35. The highest BCUT2D eigenvalue weighted by Crippen LogP contribution is 2.26. The molecule has 6 N–H and O–H groups in total. The van der Waals surface area contributed by atoms with Crippen molar-refractivity contribution in [2.45, 2.75) is 32.4 Å². The van der Waals surface area contributed by atoms with Gasteiger partial charge in [-0.15, -0.1) is 0 Å². The van der Waals surface area contributed by atoms with Gasteiger partial charge in [0.25, 0.3) is 0 Å². The second-order valence-electron chi connectivity index (χ2n) is 4.51. The van der Waals surface area contributed by atoms with Crippen LogP contribution < -0.4 is 20.8 Å². The molecule has 0 saturated carbocycles. The quantitative estimate of drug-likeness (QED) is 0.598. The Kier molecular flexibility index (Phi) is 5.92. The van der Waals surface area contributed by atoms with E-state index in [1.54, 1.807) is 13.1 Å².